The highest BCUT2D eigenvalue weighted by Crippen LogP contribution is 2.17. The molecule has 0 radical (unpaired) electrons. The number of ether oxygens (including phenoxy) is 1. The number of amides is 1. The topological polar surface area (TPSA) is 44.8 Å². The third kappa shape index (κ3) is 7.04. The molecule has 0 aromatic heterocycles. The van der Waals surface area contributed by atoms with Crippen molar-refractivity contribution in [1.82, 2.24) is 15.1 Å². The van der Waals surface area contributed by atoms with Gasteiger partial charge in [0.15, 0.2) is 6.10 Å². The lowest BCUT2D eigenvalue weighted by Crippen LogP contribution is -2.43. The lowest BCUT2D eigenvalue weighted by atomic mass is 9.96. The molecule has 0 saturated carbocycles. The van der Waals surface area contributed by atoms with Crippen LogP contribution in [-0.4, -0.2) is 68.6 Å². The molecule has 0 spiro atoms. The number of rotatable bonds is 8. The molecular weight excluding hydrogens is 314 g/mol. The summed E-state index contributed by atoms with van der Waals surface area (Å²) < 4.78 is 5.72. The summed E-state index contributed by atoms with van der Waals surface area (Å²) in [6.45, 7) is 9.09. The van der Waals surface area contributed by atoms with Gasteiger partial charge in [-0.1, -0.05) is 17.7 Å². The molecular formula is C20H33N3O2. The van der Waals surface area contributed by atoms with E-state index < -0.39 is 6.10 Å². The highest BCUT2D eigenvalue weighted by atomic mass is 16.5. The molecule has 1 atom stereocenters. The van der Waals surface area contributed by atoms with Crippen molar-refractivity contribution in [2.75, 3.05) is 46.8 Å². The average molecular weight is 348 g/mol. The van der Waals surface area contributed by atoms with Crippen molar-refractivity contribution in [3.8, 4) is 5.75 Å². The second-order valence-corrected chi connectivity index (χ2v) is 7.41. The second kappa shape index (κ2) is 9.78. The molecule has 1 amide bonds. The van der Waals surface area contributed by atoms with Crippen LogP contribution in [0.5, 0.6) is 5.75 Å². The molecule has 1 aliphatic heterocycles. The largest absolute Gasteiger partial charge is 0.481 e. The Morgan fingerprint density at radius 1 is 1.28 bits per heavy atom. The van der Waals surface area contributed by atoms with Gasteiger partial charge in [0.1, 0.15) is 5.75 Å². The van der Waals surface area contributed by atoms with Gasteiger partial charge in [0.25, 0.3) is 5.91 Å². The van der Waals surface area contributed by atoms with Gasteiger partial charge in [0.05, 0.1) is 0 Å². The number of hydrogen-bond donors (Lipinski definition) is 1. The highest BCUT2D eigenvalue weighted by Gasteiger charge is 2.21. The van der Waals surface area contributed by atoms with Crippen molar-refractivity contribution in [2.24, 2.45) is 5.92 Å². The van der Waals surface area contributed by atoms with Crippen molar-refractivity contribution >= 4 is 5.91 Å². The van der Waals surface area contributed by atoms with Crippen LogP contribution in [0.2, 0.25) is 0 Å². The third-order valence-corrected chi connectivity index (χ3v) is 4.84. The van der Waals surface area contributed by atoms with E-state index in [1.165, 1.54) is 5.56 Å². The molecule has 25 heavy (non-hydrogen) atoms. The molecule has 1 aliphatic rings. The molecule has 1 N–H and O–H groups in total. The fourth-order valence-corrected chi connectivity index (χ4v) is 3.02. The predicted octanol–water partition coefficient (Wildman–Crippen LogP) is 2.15. The number of nitrogens with one attached hydrogen (secondary N) is 1. The van der Waals surface area contributed by atoms with E-state index in [4.69, 9.17) is 4.74 Å². The summed E-state index contributed by atoms with van der Waals surface area (Å²) in [5, 5.41) is 3.06. The van der Waals surface area contributed by atoms with Crippen LogP contribution in [0, 0.1) is 12.8 Å². The summed E-state index contributed by atoms with van der Waals surface area (Å²) >= 11 is 0. The first-order chi connectivity index (χ1) is 11.9. The van der Waals surface area contributed by atoms with Gasteiger partial charge >= 0.3 is 0 Å². The van der Waals surface area contributed by atoms with Crippen molar-refractivity contribution in [1.29, 1.82) is 0 Å². The van der Waals surface area contributed by atoms with Crippen molar-refractivity contribution < 1.29 is 9.53 Å². The van der Waals surface area contributed by atoms with Gasteiger partial charge in [-0.2, -0.15) is 0 Å². The smallest absolute Gasteiger partial charge is 0.260 e. The third-order valence-electron chi connectivity index (χ3n) is 4.84. The number of likely N-dealkylation sites (N-methyl/N-ethyl adjacent to an activating group) is 1. The zero-order valence-corrected chi connectivity index (χ0v) is 16.1. The zero-order valence-electron chi connectivity index (χ0n) is 16.1. The monoisotopic (exact) mass is 347 g/mol. The van der Waals surface area contributed by atoms with Gasteiger partial charge in [-0.15, -0.1) is 0 Å². The summed E-state index contributed by atoms with van der Waals surface area (Å²) in [7, 11) is 4.23. The molecule has 5 nitrogen and oxygen atoms in total. The van der Waals surface area contributed by atoms with Crippen LogP contribution in [0.4, 0.5) is 0 Å². The van der Waals surface area contributed by atoms with Crippen LogP contribution in [0.15, 0.2) is 24.3 Å². The molecule has 1 fully saturated rings. The number of piperidine rings is 1. The average Bonchev–Trinajstić information content (AvgIpc) is 2.60. The quantitative estimate of drug-likeness (QED) is 0.783. The van der Waals surface area contributed by atoms with Crippen LogP contribution in [0.25, 0.3) is 0 Å². The Kier molecular flexibility index (Phi) is 7.72. The fraction of sp³-hybridized carbons (Fsp3) is 0.650. The van der Waals surface area contributed by atoms with E-state index in [-0.39, 0.29) is 5.91 Å². The minimum absolute atomic E-state index is 0.0318. The molecule has 2 rings (SSSR count). The van der Waals surface area contributed by atoms with E-state index in [2.05, 4.69) is 29.2 Å². The molecule has 0 aliphatic carbocycles. The van der Waals surface area contributed by atoms with Gasteiger partial charge in [-0.3, -0.25) is 4.79 Å². The van der Waals surface area contributed by atoms with Crippen LogP contribution >= 0.6 is 0 Å². The van der Waals surface area contributed by atoms with E-state index in [1.54, 1.807) is 6.92 Å². The zero-order chi connectivity index (χ0) is 18.2. The lowest BCUT2D eigenvalue weighted by molar-refractivity contribution is -0.127. The highest BCUT2D eigenvalue weighted by molar-refractivity contribution is 5.80. The van der Waals surface area contributed by atoms with Gasteiger partial charge in [0, 0.05) is 19.6 Å². The van der Waals surface area contributed by atoms with Gasteiger partial charge in [-0.25, -0.2) is 0 Å². The number of benzene rings is 1. The summed E-state index contributed by atoms with van der Waals surface area (Å²) in [6, 6.07) is 7.79. The number of carbonyl (C=O) groups excluding carboxylic acids is 1. The number of carbonyl (C=O) groups is 1. The number of nitrogens with zero attached hydrogens (tertiary/aromatic N) is 2. The Bertz CT molecular complexity index is 522. The Balaban J connectivity index is 1.65. The molecule has 140 valence electrons. The molecule has 0 bridgehead atoms. The first kappa shape index (κ1) is 19.7. The SMILES string of the molecule is Cc1ccc(O[C@@H](C)C(=O)NCC2CCN(CCN(C)C)CC2)cc1. The maximum atomic E-state index is 12.2. The Hall–Kier alpha value is -1.59. The Morgan fingerprint density at radius 2 is 1.92 bits per heavy atom. The van der Waals surface area contributed by atoms with E-state index >= 15 is 0 Å². The standard InChI is InChI=1S/C20H33N3O2/c1-16-5-7-19(8-6-16)25-17(2)20(24)21-15-18-9-11-23(12-10-18)14-13-22(3)4/h5-8,17-18H,9-15H2,1-4H3,(H,21,24)/t17-/m0/s1. The van der Waals surface area contributed by atoms with E-state index in [0.717, 1.165) is 51.3 Å². The Morgan fingerprint density at radius 3 is 2.52 bits per heavy atom. The van der Waals surface area contributed by atoms with Crippen molar-refractivity contribution in [3.05, 3.63) is 29.8 Å². The lowest BCUT2D eigenvalue weighted by Gasteiger charge is -2.32. The molecule has 1 aromatic carbocycles. The maximum absolute atomic E-state index is 12.2. The summed E-state index contributed by atoms with van der Waals surface area (Å²) in [4.78, 5) is 17.0. The number of likely N-dealkylation sites (tertiary alicyclic amines) is 1. The van der Waals surface area contributed by atoms with Gasteiger partial charge < -0.3 is 19.9 Å². The van der Waals surface area contributed by atoms with Crippen LogP contribution in [0.3, 0.4) is 0 Å². The van der Waals surface area contributed by atoms with Crippen LogP contribution < -0.4 is 10.1 Å². The van der Waals surface area contributed by atoms with Gasteiger partial charge in [0.2, 0.25) is 0 Å². The summed E-state index contributed by atoms with van der Waals surface area (Å²) in [5.41, 5.74) is 1.18. The molecule has 0 unspecified atom stereocenters. The van der Waals surface area contributed by atoms with E-state index in [0.29, 0.717) is 5.92 Å². The molecule has 1 heterocycles. The minimum atomic E-state index is -0.470. The fourth-order valence-electron chi connectivity index (χ4n) is 3.02. The summed E-state index contributed by atoms with van der Waals surface area (Å²) in [5.74, 6) is 1.28. The minimum Gasteiger partial charge on any atom is -0.481 e. The maximum Gasteiger partial charge on any atom is 0.260 e. The second-order valence-electron chi connectivity index (χ2n) is 7.41. The van der Waals surface area contributed by atoms with Crippen molar-refractivity contribution in [3.63, 3.8) is 0 Å². The van der Waals surface area contributed by atoms with Crippen molar-refractivity contribution in [2.45, 2.75) is 32.8 Å². The summed E-state index contributed by atoms with van der Waals surface area (Å²) in [6.07, 6.45) is 1.84. The normalized spacial score (nSPS) is 17.5. The van der Waals surface area contributed by atoms with Gasteiger partial charge in [-0.05, 0) is 71.9 Å². The first-order valence-corrected chi connectivity index (χ1v) is 9.32. The number of aryl methyl sites for hydroxylation is 1. The predicted molar refractivity (Wildman–Crippen MR) is 102 cm³/mol. The van der Waals surface area contributed by atoms with Crippen LogP contribution in [-0.2, 0) is 4.79 Å². The van der Waals surface area contributed by atoms with E-state index in [1.807, 2.05) is 31.2 Å². The first-order valence-electron chi connectivity index (χ1n) is 9.32. The Labute approximate surface area is 152 Å². The molecule has 5 heteroatoms. The van der Waals surface area contributed by atoms with E-state index in [9.17, 15) is 4.79 Å². The molecule has 1 saturated heterocycles. The van der Waals surface area contributed by atoms with Crippen LogP contribution in [0.1, 0.15) is 25.3 Å². The number of hydrogen-bond acceptors (Lipinski definition) is 4. The molecule has 1 aromatic rings.